The Morgan fingerprint density at radius 3 is 2.47 bits per heavy atom. The summed E-state index contributed by atoms with van der Waals surface area (Å²) in [4.78, 5) is 17.6. The Morgan fingerprint density at radius 2 is 1.89 bits per heavy atom. The molecule has 1 aliphatic rings. The van der Waals surface area contributed by atoms with Crippen molar-refractivity contribution in [3.05, 3.63) is 35.9 Å². The Morgan fingerprint density at radius 1 is 1.26 bits per heavy atom. The van der Waals surface area contributed by atoms with Gasteiger partial charge in [-0.05, 0) is 17.4 Å². The van der Waals surface area contributed by atoms with E-state index in [1.54, 1.807) is 4.90 Å². The summed E-state index contributed by atoms with van der Waals surface area (Å²) < 4.78 is 0. The minimum absolute atomic E-state index is 0.0901. The van der Waals surface area contributed by atoms with Crippen LogP contribution in [0.15, 0.2) is 35.3 Å². The zero-order chi connectivity index (χ0) is 14.0. The Balaban J connectivity index is 2.16. The Labute approximate surface area is 114 Å². The first-order valence-electron chi connectivity index (χ1n) is 6.55. The first-order valence-corrected chi connectivity index (χ1v) is 6.55. The fraction of sp³-hybridized carbons (Fsp3) is 0.467. The van der Waals surface area contributed by atoms with Gasteiger partial charge in [-0.2, -0.15) is 4.99 Å². The van der Waals surface area contributed by atoms with Gasteiger partial charge in [0, 0.05) is 6.54 Å². The molecule has 1 aromatic rings. The lowest BCUT2D eigenvalue weighted by molar-refractivity contribution is 0.187. The van der Waals surface area contributed by atoms with E-state index in [4.69, 9.17) is 5.73 Å². The molecule has 1 heterocycles. The number of hydrogen-bond donors (Lipinski definition) is 1. The zero-order valence-electron chi connectivity index (χ0n) is 11.8. The van der Waals surface area contributed by atoms with Crippen LogP contribution in [-0.4, -0.2) is 22.8 Å². The molecule has 2 amide bonds. The number of urea groups is 1. The molecule has 1 unspecified atom stereocenters. The van der Waals surface area contributed by atoms with Crippen LogP contribution in [0.4, 0.5) is 4.79 Å². The number of carbonyl (C=O) groups is 1. The lowest BCUT2D eigenvalue weighted by atomic mass is 9.87. The fourth-order valence-electron chi connectivity index (χ4n) is 2.29. The second-order valence-corrected chi connectivity index (χ2v) is 6.21. The summed E-state index contributed by atoms with van der Waals surface area (Å²) in [6, 6.07) is 9.61. The van der Waals surface area contributed by atoms with Crippen molar-refractivity contribution in [2.45, 2.75) is 39.8 Å². The number of aliphatic imine (C=N–C) groups is 1. The molecule has 0 radical (unpaired) electrons. The standard InChI is InChI=1S/C15H21N3O/c1-15(2,3)9-12-13(16)17-14(19)18(12)10-11-7-5-4-6-8-11/h4-8,12H,9-10H2,1-3H3,(H2,16,17,19). The molecule has 1 aromatic carbocycles. The Bertz CT molecular complexity index is 488. The third-order valence-electron chi connectivity index (χ3n) is 3.19. The summed E-state index contributed by atoms with van der Waals surface area (Å²) in [7, 11) is 0. The molecule has 0 spiro atoms. The van der Waals surface area contributed by atoms with E-state index in [-0.39, 0.29) is 17.5 Å². The molecule has 0 bridgehead atoms. The molecular weight excluding hydrogens is 238 g/mol. The molecule has 1 aliphatic heterocycles. The van der Waals surface area contributed by atoms with Crippen molar-refractivity contribution in [2.75, 3.05) is 0 Å². The number of rotatable bonds is 3. The average molecular weight is 259 g/mol. The van der Waals surface area contributed by atoms with Crippen LogP contribution >= 0.6 is 0 Å². The normalized spacial score (nSPS) is 19.7. The third kappa shape index (κ3) is 3.34. The summed E-state index contributed by atoms with van der Waals surface area (Å²) in [5.74, 6) is 0.441. The highest BCUT2D eigenvalue weighted by Crippen LogP contribution is 2.27. The van der Waals surface area contributed by atoms with Gasteiger partial charge in [-0.3, -0.25) is 0 Å². The predicted molar refractivity (Wildman–Crippen MR) is 76.9 cm³/mol. The summed E-state index contributed by atoms with van der Waals surface area (Å²) in [6.07, 6.45) is 0.820. The molecule has 19 heavy (non-hydrogen) atoms. The minimum Gasteiger partial charge on any atom is -0.385 e. The number of carbonyl (C=O) groups excluding carboxylic acids is 1. The third-order valence-corrected chi connectivity index (χ3v) is 3.19. The fourth-order valence-corrected chi connectivity index (χ4v) is 2.29. The maximum absolute atomic E-state index is 11.9. The van der Waals surface area contributed by atoms with E-state index in [1.165, 1.54) is 0 Å². The second kappa shape index (κ2) is 5.03. The highest BCUT2D eigenvalue weighted by atomic mass is 16.2. The van der Waals surface area contributed by atoms with Gasteiger partial charge in [0.05, 0.1) is 6.04 Å². The number of amidine groups is 1. The first kappa shape index (κ1) is 13.6. The van der Waals surface area contributed by atoms with Gasteiger partial charge >= 0.3 is 6.03 Å². The van der Waals surface area contributed by atoms with E-state index in [0.717, 1.165) is 12.0 Å². The summed E-state index contributed by atoms with van der Waals surface area (Å²) in [5, 5.41) is 0. The zero-order valence-corrected chi connectivity index (χ0v) is 11.8. The molecule has 102 valence electrons. The van der Waals surface area contributed by atoms with Crippen LogP contribution < -0.4 is 5.73 Å². The van der Waals surface area contributed by atoms with E-state index in [9.17, 15) is 4.79 Å². The molecule has 0 aromatic heterocycles. The minimum atomic E-state index is -0.226. The van der Waals surface area contributed by atoms with Crippen molar-refractivity contribution < 1.29 is 4.79 Å². The van der Waals surface area contributed by atoms with Crippen LogP contribution in [0.1, 0.15) is 32.8 Å². The number of hydrogen-bond acceptors (Lipinski definition) is 2. The monoisotopic (exact) mass is 259 g/mol. The summed E-state index contributed by atoms with van der Waals surface area (Å²) in [6.45, 7) is 6.99. The van der Waals surface area contributed by atoms with Gasteiger partial charge in [0.15, 0.2) is 0 Å². The number of benzene rings is 1. The molecular formula is C15H21N3O. The van der Waals surface area contributed by atoms with Crippen molar-refractivity contribution in [3.8, 4) is 0 Å². The predicted octanol–water partition coefficient (Wildman–Crippen LogP) is 2.78. The van der Waals surface area contributed by atoms with E-state index in [0.29, 0.717) is 12.4 Å². The van der Waals surface area contributed by atoms with E-state index < -0.39 is 0 Å². The highest BCUT2D eigenvalue weighted by Gasteiger charge is 2.35. The van der Waals surface area contributed by atoms with Crippen LogP contribution in [0, 0.1) is 5.41 Å². The molecule has 0 aliphatic carbocycles. The van der Waals surface area contributed by atoms with Gasteiger partial charge in [-0.25, -0.2) is 4.79 Å². The highest BCUT2D eigenvalue weighted by molar-refractivity contribution is 6.02. The molecule has 2 N–H and O–H groups in total. The maximum Gasteiger partial charge on any atom is 0.346 e. The van der Waals surface area contributed by atoms with Crippen molar-refractivity contribution >= 4 is 11.9 Å². The van der Waals surface area contributed by atoms with Crippen molar-refractivity contribution in [1.82, 2.24) is 4.90 Å². The summed E-state index contributed by atoms with van der Waals surface area (Å²) >= 11 is 0. The molecule has 0 fully saturated rings. The molecule has 1 atom stereocenters. The van der Waals surface area contributed by atoms with Crippen LogP contribution in [-0.2, 0) is 6.54 Å². The van der Waals surface area contributed by atoms with Crippen LogP contribution in [0.3, 0.4) is 0 Å². The Hall–Kier alpha value is -1.84. The SMILES string of the molecule is CC(C)(C)CC1C(N)=NC(=O)N1Cc1ccccc1. The molecule has 4 heteroatoms. The maximum atomic E-state index is 11.9. The number of nitrogens with two attached hydrogens (primary N) is 1. The number of nitrogens with zero attached hydrogens (tertiary/aromatic N) is 2. The van der Waals surface area contributed by atoms with E-state index >= 15 is 0 Å². The van der Waals surface area contributed by atoms with Crippen LogP contribution in [0.25, 0.3) is 0 Å². The molecule has 4 nitrogen and oxygen atoms in total. The van der Waals surface area contributed by atoms with Crippen molar-refractivity contribution in [3.63, 3.8) is 0 Å². The Kier molecular flexibility index (Phi) is 3.60. The second-order valence-electron chi connectivity index (χ2n) is 6.21. The van der Waals surface area contributed by atoms with Gasteiger partial charge in [0.1, 0.15) is 5.84 Å². The van der Waals surface area contributed by atoms with Gasteiger partial charge in [-0.15, -0.1) is 0 Å². The van der Waals surface area contributed by atoms with Crippen molar-refractivity contribution in [1.29, 1.82) is 0 Å². The average Bonchev–Trinajstić information content (AvgIpc) is 2.56. The lowest BCUT2D eigenvalue weighted by Crippen LogP contribution is -2.42. The summed E-state index contributed by atoms with van der Waals surface area (Å²) in [5.41, 5.74) is 7.11. The smallest absolute Gasteiger partial charge is 0.346 e. The number of amides is 2. The lowest BCUT2D eigenvalue weighted by Gasteiger charge is -2.30. The van der Waals surface area contributed by atoms with Crippen molar-refractivity contribution in [2.24, 2.45) is 16.1 Å². The quantitative estimate of drug-likeness (QED) is 0.907. The molecule has 2 rings (SSSR count). The molecule has 0 saturated heterocycles. The van der Waals surface area contributed by atoms with Gasteiger partial charge in [0.25, 0.3) is 0 Å². The van der Waals surface area contributed by atoms with Crippen LogP contribution in [0.2, 0.25) is 0 Å². The first-order chi connectivity index (χ1) is 8.87. The largest absolute Gasteiger partial charge is 0.385 e. The topological polar surface area (TPSA) is 58.7 Å². The van der Waals surface area contributed by atoms with Gasteiger partial charge in [-0.1, -0.05) is 51.1 Å². The van der Waals surface area contributed by atoms with Gasteiger partial charge < -0.3 is 10.6 Å². The van der Waals surface area contributed by atoms with E-state index in [2.05, 4.69) is 25.8 Å². The van der Waals surface area contributed by atoms with E-state index in [1.807, 2.05) is 30.3 Å². The molecule has 0 saturated carbocycles. The van der Waals surface area contributed by atoms with Gasteiger partial charge in [0.2, 0.25) is 0 Å². The van der Waals surface area contributed by atoms with Crippen LogP contribution in [0.5, 0.6) is 0 Å².